The molecule has 5 nitrogen and oxygen atoms in total. The number of halogens is 1. The fourth-order valence-corrected chi connectivity index (χ4v) is 3.08. The van der Waals surface area contributed by atoms with Gasteiger partial charge in [0.15, 0.2) is 0 Å². The van der Waals surface area contributed by atoms with Crippen molar-refractivity contribution >= 4 is 35.6 Å². The van der Waals surface area contributed by atoms with Gasteiger partial charge in [-0.3, -0.25) is 9.59 Å². The van der Waals surface area contributed by atoms with Crippen molar-refractivity contribution in [1.82, 2.24) is 5.32 Å². The lowest BCUT2D eigenvalue weighted by Gasteiger charge is -2.19. The van der Waals surface area contributed by atoms with Gasteiger partial charge in [0.05, 0.1) is 12.5 Å². The maximum atomic E-state index is 12.3. The van der Waals surface area contributed by atoms with Gasteiger partial charge in [0.1, 0.15) is 0 Å². The Hall–Kier alpha value is -2.53. The maximum Gasteiger partial charge on any atom is 0.227 e. The molecule has 0 spiro atoms. The number of rotatable bonds is 5. The summed E-state index contributed by atoms with van der Waals surface area (Å²) in [5.41, 5.74) is 9.16. The topological polar surface area (TPSA) is 75.4 Å². The Morgan fingerprint density at radius 1 is 1.23 bits per heavy atom. The minimum atomic E-state index is -0.126. The van der Waals surface area contributed by atoms with E-state index in [1.54, 1.807) is 12.1 Å². The quantitative estimate of drug-likeness (QED) is 0.790. The second kappa shape index (κ2) is 8.72. The Bertz CT molecular complexity index is 777. The van der Waals surface area contributed by atoms with Crippen LogP contribution < -0.4 is 16.0 Å². The number of amides is 2. The van der Waals surface area contributed by atoms with Crippen molar-refractivity contribution < 1.29 is 9.59 Å². The second-order valence-electron chi connectivity index (χ2n) is 6.45. The Kier molecular flexibility index (Phi) is 6.64. The molecule has 26 heavy (non-hydrogen) atoms. The highest BCUT2D eigenvalue weighted by molar-refractivity contribution is 5.95. The summed E-state index contributed by atoms with van der Waals surface area (Å²) < 4.78 is 0. The van der Waals surface area contributed by atoms with Crippen molar-refractivity contribution in [2.75, 3.05) is 17.2 Å². The van der Waals surface area contributed by atoms with Gasteiger partial charge in [0, 0.05) is 24.3 Å². The highest BCUT2D eigenvalue weighted by Gasteiger charge is 2.22. The van der Waals surface area contributed by atoms with Crippen LogP contribution in [0.5, 0.6) is 0 Å². The standard InChI is InChI=1S/C20H23N3O2.ClH/c1-14(22-19(24)12-15-7-9-17(21)10-8-15)16-4-2-5-18(13-16)23-11-3-6-20(23)25;/h2,4-5,7-10,13-14H,3,6,11-12,21H2,1H3,(H,22,24);1H. The van der Waals surface area contributed by atoms with Crippen LogP contribution >= 0.6 is 12.4 Å². The van der Waals surface area contributed by atoms with Crippen molar-refractivity contribution in [2.24, 2.45) is 0 Å². The fraction of sp³-hybridized carbons (Fsp3) is 0.300. The summed E-state index contributed by atoms with van der Waals surface area (Å²) in [7, 11) is 0. The average molecular weight is 374 g/mol. The smallest absolute Gasteiger partial charge is 0.227 e. The monoisotopic (exact) mass is 373 g/mol. The minimum Gasteiger partial charge on any atom is -0.399 e. The molecule has 3 rings (SSSR count). The zero-order chi connectivity index (χ0) is 17.8. The lowest BCUT2D eigenvalue weighted by atomic mass is 10.1. The van der Waals surface area contributed by atoms with Gasteiger partial charge in [-0.1, -0.05) is 24.3 Å². The van der Waals surface area contributed by atoms with Crippen LogP contribution in [0.25, 0.3) is 0 Å². The van der Waals surface area contributed by atoms with Gasteiger partial charge in [-0.15, -0.1) is 12.4 Å². The molecule has 2 aromatic carbocycles. The molecule has 2 aromatic rings. The Morgan fingerprint density at radius 2 is 1.96 bits per heavy atom. The highest BCUT2D eigenvalue weighted by Crippen LogP contribution is 2.24. The number of nitrogens with two attached hydrogens (primary N) is 1. The molecule has 1 heterocycles. The first-order valence-corrected chi connectivity index (χ1v) is 8.57. The third-order valence-corrected chi connectivity index (χ3v) is 4.48. The van der Waals surface area contributed by atoms with Crippen molar-refractivity contribution in [3.05, 3.63) is 59.7 Å². The molecule has 0 radical (unpaired) electrons. The first-order chi connectivity index (χ1) is 12.0. The van der Waals surface area contributed by atoms with Gasteiger partial charge < -0.3 is 16.0 Å². The van der Waals surface area contributed by atoms with E-state index in [4.69, 9.17) is 5.73 Å². The molecule has 1 aliphatic heterocycles. The molecule has 0 saturated carbocycles. The number of hydrogen-bond acceptors (Lipinski definition) is 3. The van der Waals surface area contributed by atoms with Gasteiger partial charge in [-0.05, 0) is 48.7 Å². The van der Waals surface area contributed by atoms with Crippen LogP contribution in [-0.2, 0) is 16.0 Å². The predicted molar refractivity (Wildman–Crippen MR) is 106 cm³/mol. The molecule has 0 bridgehead atoms. The third-order valence-electron chi connectivity index (χ3n) is 4.48. The third kappa shape index (κ3) is 4.76. The number of carbonyl (C=O) groups is 2. The fourth-order valence-electron chi connectivity index (χ4n) is 3.08. The zero-order valence-electron chi connectivity index (χ0n) is 14.8. The molecule has 0 aromatic heterocycles. The zero-order valence-corrected chi connectivity index (χ0v) is 15.6. The number of carbonyl (C=O) groups excluding carboxylic acids is 2. The normalized spacial score (nSPS) is 14.7. The summed E-state index contributed by atoms with van der Waals surface area (Å²) in [6.45, 7) is 2.71. The number of nitrogens with zero attached hydrogens (tertiary/aromatic N) is 1. The number of nitrogen functional groups attached to an aromatic ring is 1. The van der Waals surface area contributed by atoms with Crippen LogP contribution in [0.2, 0.25) is 0 Å². The Labute approximate surface area is 160 Å². The average Bonchev–Trinajstić information content (AvgIpc) is 3.03. The van der Waals surface area contributed by atoms with Crippen LogP contribution in [0.15, 0.2) is 48.5 Å². The molecule has 1 saturated heterocycles. The molecule has 6 heteroatoms. The van der Waals surface area contributed by atoms with E-state index in [1.807, 2.05) is 48.2 Å². The van der Waals surface area contributed by atoms with E-state index in [2.05, 4.69) is 5.32 Å². The van der Waals surface area contributed by atoms with E-state index in [9.17, 15) is 9.59 Å². The van der Waals surface area contributed by atoms with E-state index < -0.39 is 0 Å². The van der Waals surface area contributed by atoms with Gasteiger partial charge in [0.25, 0.3) is 0 Å². The molecular formula is C20H24ClN3O2. The van der Waals surface area contributed by atoms with Crippen LogP contribution in [0.1, 0.15) is 36.9 Å². The van der Waals surface area contributed by atoms with Crippen molar-refractivity contribution in [3.8, 4) is 0 Å². The SMILES string of the molecule is CC(NC(=O)Cc1ccc(N)cc1)c1cccc(N2CCCC2=O)c1.Cl. The van der Waals surface area contributed by atoms with Crippen LogP contribution in [-0.4, -0.2) is 18.4 Å². The molecule has 2 amide bonds. The number of nitrogens with one attached hydrogen (secondary N) is 1. The molecular weight excluding hydrogens is 350 g/mol. The Balaban J connectivity index is 0.00000243. The van der Waals surface area contributed by atoms with E-state index in [1.165, 1.54) is 0 Å². The van der Waals surface area contributed by atoms with Gasteiger partial charge in [-0.2, -0.15) is 0 Å². The van der Waals surface area contributed by atoms with Crippen LogP contribution in [0.3, 0.4) is 0 Å². The molecule has 1 aliphatic rings. The number of anilines is 2. The predicted octanol–water partition coefficient (Wildman–Crippen LogP) is 3.24. The second-order valence-corrected chi connectivity index (χ2v) is 6.45. The Morgan fingerprint density at radius 3 is 2.62 bits per heavy atom. The summed E-state index contributed by atoms with van der Waals surface area (Å²) in [5.74, 6) is 0.122. The van der Waals surface area contributed by atoms with Gasteiger partial charge in [0.2, 0.25) is 11.8 Å². The summed E-state index contributed by atoms with van der Waals surface area (Å²) in [4.78, 5) is 26.0. The first kappa shape index (κ1) is 19.8. The number of benzene rings is 2. The minimum absolute atomic E-state index is 0. The van der Waals surface area contributed by atoms with Crippen molar-refractivity contribution in [2.45, 2.75) is 32.2 Å². The van der Waals surface area contributed by atoms with E-state index in [0.29, 0.717) is 18.5 Å². The lowest BCUT2D eigenvalue weighted by molar-refractivity contribution is -0.121. The first-order valence-electron chi connectivity index (χ1n) is 8.57. The van der Waals surface area contributed by atoms with Crippen molar-refractivity contribution in [3.63, 3.8) is 0 Å². The number of hydrogen-bond donors (Lipinski definition) is 2. The van der Waals surface area contributed by atoms with Crippen LogP contribution in [0, 0.1) is 0 Å². The summed E-state index contributed by atoms with van der Waals surface area (Å²) >= 11 is 0. The van der Waals surface area contributed by atoms with E-state index in [0.717, 1.165) is 29.8 Å². The molecule has 1 unspecified atom stereocenters. The summed E-state index contributed by atoms with van der Waals surface area (Å²) in [6, 6.07) is 15.0. The molecule has 3 N–H and O–H groups in total. The largest absolute Gasteiger partial charge is 0.399 e. The van der Waals surface area contributed by atoms with Gasteiger partial charge >= 0.3 is 0 Å². The van der Waals surface area contributed by atoms with Crippen molar-refractivity contribution in [1.29, 1.82) is 0 Å². The summed E-state index contributed by atoms with van der Waals surface area (Å²) in [5, 5.41) is 3.01. The molecule has 0 aliphatic carbocycles. The van der Waals surface area contributed by atoms with E-state index in [-0.39, 0.29) is 30.3 Å². The maximum absolute atomic E-state index is 12.3. The van der Waals surface area contributed by atoms with Gasteiger partial charge in [-0.25, -0.2) is 0 Å². The highest BCUT2D eigenvalue weighted by atomic mass is 35.5. The molecule has 1 fully saturated rings. The summed E-state index contributed by atoms with van der Waals surface area (Å²) in [6.07, 6.45) is 1.82. The molecule has 1 atom stereocenters. The van der Waals surface area contributed by atoms with Crippen LogP contribution in [0.4, 0.5) is 11.4 Å². The van der Waals surface area contributed by atoms with E-state index >= 15 is 0 Å². The molecule has 138 valence electrons. The lowest BCUT2D eigenvalue weighted by Crippen LogP contribution is -2.28.